The van der Waals surface area contributed by atoms with Gasteiger partial charge in [-0.25, -0.2) is 0 Å². The molecule has 1 aromatic carbocycles. The van der Waals surface area contributed by atoms with E-state index in [9.17, 15) is 4.79 Å². The molecule has 0 saturated carbocycles. The van der Waals surface area contributed by atoms with Gasteiger partial charge in [-0.05, 0) is 24.2 Å². The van der Waals surface area contributed by atoms with E-state index in [1.165, 1.54) is 0 Å². The number of methoxy groups -OCH3 is 2. The highest BCUT2D eigenvalue weighted by molar-refractivity contribution is 6.74. The summed E-state index contributed by atoms with van der Waals surface area (Å²) in [7, 11) is 1.24. The van der Waals surface area contributed by atoms with E-state index < -0.39 is 8.32 Å². The predicted molar refractivity (Wildman–Crippen MR) is 96.1 cm³/mol. The lowest BCUT2D eigenvalue weighted by molar-refractivity contribution is 0.0720. The fourth-order valence-electron chi connectivity index (χ4n) is 2.32. The van der Waals surface area contributed by atoms with Crippen LogP contribution in [0.3, 0.4) is 0 Å². The number of fused-ring (bicyclic) bond motifs is 1. The summed E-state index contributed by atoms with van der Waals surface area (Å²) in [6.07, 6.45) is 0.0501. The van der Waals surface area contributed by atoms with Crippen LogP contribution in [0, 0.1) is 0 Å². The van der Waals surface area contributed by atoms with Crippen LogP contribution in [0.25, 0.3) is 0 Å². The van der Waals surface area contributed by atoms with Crippen molar-refractivity contribution >= 4 is 14.1 Å². The molecule has 0 aliphatic carbocycles. The van der Waals surface area contributed by atoms with E-state index in [-0.39, 0.29) is 16.9 Å². The molecule has 0 fully saturated rings. The minimum absolute atomic E-state index is 0.0426. The van der Waals surface area contributed by atoms with Crippen LogP contribution in [0.5, 0.6) is 17.2 Å². The molecular formula is C18H28O5Si. The summed E-state index contributed by atoms with van der Waals surface area (Å²) in [5.41, 5.74) is 0.538. The molecule has 1 aliphatic heterocycles. The fourth-order valence-corrected chi connectivity index (χ4v) is 3.36. The third kappa shape index (κ3) is 3.75. The molecule has 24 heavy (non-hydrogen) atoms. The third-order valence-corrected chi connectivity index (χ3v) is 9.43. The Morgan fingerprint density at radius 2 is 1.75 bits per heavy atom. The molecule has 134 valence electrons. The minimum Gasteiger partial charge on any atom is -0.493 e. The normalized spacial score (nSPS) is 18.0. The number of Topliss-reactive ketones (excluding diaryl/α,β-unsaturated/α-hetero) is 1. The topological polar surface area (TPSA) is 54.0 Å². The van der Waals surface area contributed by atoms with Crippen molar-refractivity contribution in [2.75, 3.05) is 20.8 Å². The number of carbonyl (C=O) groups is 1. The smallest absolute Gasteiger partial charge is 0.192 e. The van der Waals surface area contributed by atoms with Crippen molar-refractivity contribution in [2.24, 2.45) is 0 Å². The second-order valence-corrected chi connectivity index (χ2v) is 12.5. The van der Waals surface area contributed by atoms with Crippen molar-refractivity contribution < 1.29 is 23.4 Å². The summed E-state index contributed by atoms with van der Waals surface area (Å²) in [6, 6.07) is 3.39. The van der Waals surface area contributed by atoms with Gasteiger partial charge in [0.15, 0.2) is 25.6 Å². The molecule has 1 heterocycles. The van der Waals surface area contributed by atoms with Gasteiger partial charge in [-0.1, -0.05) is 20.8 Å². The van der Waals surface area contributed by atoms with Crippen LogP contribution in [0.4, 0.5) is 0 Å². The molecule has 0 saturated heterocycles. The van der Waals surface area contributed by atoms with Crippen molar-refractivity contribution in [3.8, 4) is 17.2 Å². The number of hydrogen-bond donors (Lipinski definition) is 0. The maximum absolute atomic E-state index is 12.5. The van der Waals surface area contributed by atoms with Gasteiger partial charge in [0, 0.05) is 6.07 Å². The first kappa shape index (κ1) is 18.8. The Labute approximate surface area is 145 Å². The fraction of sp³-hybridized carbons (Fsp3) is 0.611. The molecule has 1 atom stereocenters. The molecule has 6 heteroatoms. The molecule has 1 aromatic rings. The summed E-state index contributed by atoms with van der Waals surface area (Å²) in [6.45, 7) is 11.4. The van der Waals surface area contributed by atoms with Crippen molar-refractivity contribution in [2.45, 2.75) is 51.4 Å². The Balaban J connectivity index is 2.16. The van der Waals surface area contributed by atoms with Gasteiger partial charge in [-0.2, -0.15) is 0 Å². The predicted octanol–water partition coefficient (Wildman–Crippen LogP) is 4.06. The average Bonchev–Trinajstić information content (AvgIpc) is 2.50. The largest absolute Gasteiger partial charge is 0.493 e. The van der Waals surface area contributed by atoms with Gasteiger partial charge in [0.2, 0.25) is 0 Å². The second kappa shape index (κ2) is 6.76. The first-order valence-electron chi connectivity index (χ1n) is 8.19. The zero-order chi connectivity index (χ0) is 18.1. The average molecular weight is 353 g/mol. The Morgan fingerprint density at radius 3 is 2.29 bits per heavy atom. The van der Waals surface area contributed by atoms with Gasteiger partial charge >= 0.3 is 0 Å². The molecule has 0 aromatic heterocycles. The van der Waals surface area contributed by atoms with Crippen molar-refractivity contribution in [1.82, 2.24) is 0 Å². The number of ketones is 1. The molecule has 5 nitrogen and oxygen atoms in total. The van der Waals surface area contributed by atoms with Crippen LogP contribution < -0.4 is 14.2 Å². The van der Waals surface area contributed by atoms with Gasteiger partial charge in [0.1, 0.15) is 11.9 Å². The molecule has 1 aliphatic rings. The number of rotatable bonds is 5. The van der Waals surface area contributed by atoms with E-state index in [2.05, 4.69) is 33.9 Å². The molecule has 0 bridgehead atoms. The Bertz CT molecular complexity index is 619. The van der Waals surface area contributed by atoms with Crippen LogP contribution in [0.15, 0.2) is 12.1 Å². The van der Waals surface area contributed by atoms with Crippen LogP contribution in [0.2, 0.25) is 18.1 Å². The molecule has 0 amide bonds. The van der Waals surface area contributed by atoms with E-state index >= 15 is 0 Å². The van der Waals surface area contributed by atoms with E-state index in [1.54, 1.807) is 26.4 Å². The van der Waals surface area contributed by atoms with Crippen molar-refractivity contribution in [3.05, 3.63) is 17.7 Å². The maximum atomic E-state index is 12.5. The lowest BCUT2D eigenvalue weighted by Gasteiger charge is -2.37. The number of carbonyl (C=O) groups excluding carboxylic acids is 1. The van der Waals surface area contributed by atoms with Crippen LogP contribution in [0.1, 0.15) is 37.6 Å². The third-order valence-electron chi connectivity index (χ3n) is 4.93. The monoisotopic (exact) mass is 352 g/mol. The van der Waals surface area contributed by atoms with Gasteiger partial charge in [-0.3, -0.25) is 4.79 Å². The lowest BCUT2D eigenvalue weighted by Crippen LogP contribution is -2.44. The minimum atomic E-state index is -1.87. The maximum Gasteiger partial charge on any atom is 0.192 e. The van der Waals surface area contributed by atoms with Gasteiger partial charge in [0.25, 0.3) is 0 Å². The van der Waals surface area contributed by atoms with E-state index in [0.29, 0.717) is 35.8 Å². The first-order valence-corrected chi connectivity index (χ1v) is 11.1. The van der Waals surface area contributed by atoms with E-state index in [0.717, 1.165) is 0 Å². The zero-order valence-electron chi connectivity index (χ0n) is 15.7. The lowest BCUT2D eigenvalue weighted by atomic mass is 10.0. The Hall–Kier alpha value is -1.53. The summed E-state index contributed by atoms with van der Waals surface area (Å²) in [4.78, 5) is 12.5. The second-order valence-electron chi connectivity index (χ2n) is 7.64. The molecule has 0 spiro atoms. The van der Waals surface area contributed by atoms with Crippen molar-refractivity contribution in [1.29, 1.82) is 0 Å². The van der Waals surface area contributed by atoms with E-state index in [4.69, 9.17) is 18.6 Å². The Kier molecular flexibility index (Phi) is 5.30. The van der Waals surface area contributed by atoms with Crippen LogP contribution in [-0.4, -0.2) is 41.0 Å². The van der Waals surface area contributed by atoms with Crippen LogP contribution in [-0.2, 0) is 4.43 Å². The van der Waals surface area contributed by atoms with Gasteiger partial charge in [-0.15, -0.1) is 0 Å². The highest BCUT2D eigenvalue weighted by atomic mass is 28.4. The zero-order valence-corrected chi connectivity index (χ0v) is 16.7. The first-order chi connectivity index (χ1) is 11.1. The molecule has 1 unspecified atom stereocenters. The standard InChI is InChI=1S/C18H28O5Si/c1-18(2,3)24(6,7)22-11-12-8-14(19)13-9-16(20-4)17(21-5)10-15(13)23-12/h9-10,12H,8,11H2,1-7H3. The van der Waals surface area contributed by atoms with E-state index in [1.807, 2.05) is 0 Å². The highest BCUT2D eigenvalue weighted by Crippen LogP contribution is 2.39. The number of benzene rings is 1. The summed E-state index contributed by atoms with van der Waals surface area (Å²) >= 11 is 0. The molecular weight excluding hydrogens is 324 g/mol. The van der Waals surface area contributed by atoms with Gasteiger partial charge in [0.05, 0.1) is 32.8 Å². The SMILES string of the molecule is COc1cc2c(cc1OC)C(=O)CC(CO[Si](C)(C)C(C)(C)C)O2. The Morgan fingerprint density at radius 1 is 1.17 bits per heavy atom. The molecule has 2 rings (SSSR count). The highest BCUT2D eigenvalue weighted by Gasteiger charge is 2.38. The summed E-state index contributed by atoms with van der Waals surface area (Å²) in [5, 5.41) is 0.125. The molecule has 0 N–H and O–H groups in total. The number of hydrogen-bond acceptors (Lipinski definition) is 5. The van der Waals surface area contributed by atoms with Crippen molar-refractivity contribution in [3.63, 3.8) is 0 Å². The summed E-state index contributed by atoms with van der Waals surface area (Å²) in [5.74, 6) is 1.66. The molecule has 0 radical (unpaired) electrons. The quantitative estimate of drug-likeness (QED) is 0.748. The number of ether oxygens (including phenoxy) is 3. The van der Waals surface area contributed by atoms with Crippen LogP contribution >= 0.6 is 0 Å². The van der Waals surface area contributed by atoms with Gasteiger partial charge < -0.3 is 18.6 Å². The summed E-state index contributed by atoms with van der Waals surface area (Å²) < 4.78 is 22.7.